The van der Waals surface area contributed by atoms with Gasteiger partial charge in [0.05, 0.1) is 13.2 Å². The number of nitrogens with one attached hydrogen (secondary N) is 2. The van der Waals surface area contributed by atoms with Crippen molar-refractivity contribution in [1.82, 2.24) is 0 Å². The lowest BCUT2D eigenvalue weighted by Crippen LogP contribution is -3.12. The highest BCUT2D eigenvalue weighted by Gasteiger charge is 2.20. The number of carbonyl (C=O) groups excluding carboxylic acids is 1. The molecule has 1 amide bonds. The Morgan fingerprint density at radius 2 is 1.75 bits per heavy atom. The van der Waals surface area contributed by atoms with Gasteiger partial charge in [0, 0.05) is 22.7 Å². The second-order valence-corrected chi connectivity index (χ2v) is 7.90. The zero-order valence-corrected chi connectivity index (χ0v) is 17.0. The van der Waals surface area contributed by atoms with Crippen molar-refractivity contribution >= 4 is 11.6 Å². The van der Waals surface area contributed by atoms with Crippen LogP contribution < -0.4 is 15.5 Å². The number of morpholine rings is 1. The molecule has 0 bridgehead atoms. The molecule has 0 saturated carbocycles. The van der Waals surface area contributed by atoms with Crippen molar-refractivity contribution in [2.24, 2.45) is 5.92 Å². The Morgan fingerprint density at radius 1 is 1.07 bits per heavy atom. The normalized spacial score (nSPS) is 16.1. The Balaban J connectivity index is 1.48. The van der Waals surface area contributed by atoms with Crippen LogP contribution in [0.15, 0.2) is 54.6 Å². The minimum Gasteiger partial charge on any atom is -0.370 e. The lowest BCUT2D eigenvalue weighted by atomic mass is 9.96. The molecule has 1 aliphatic rings. The number of anilines is 1. The minimum atomic E-state index is 0.0353. The van der Waals surface area contributed by atoms with E-state index in [2.05, 4.69) is 60.9 Å². The van der Waals surface area contributed by atoms with Crippen LogP contribution in [0.2, 0.25) is 0 Å². The number of hydrogen-bond donors (Lipinski definition) is 3. The van der Waals surface area contributed by atoms with Gasteiger partial charge in [-0.2, -0.15) is 0 Å². The molecule has 3 rings (SSSR count). The van der Waals surface area contributed by atoms with Crippen LogP contribution in [0.1, 0.15) is 31.0 Å². The Hall–Kier alpha value is -2.21. The first-order valence-corrected chi connectivity index (χ1v) is 10.3. The monoisotopic (exact) mass is 383 g/mol. The number of quaternary nitrogens is 2. The average molecular weight is 384 g/mol. The van der Waals surface area contributed by atoms with Gasteiger partial charge in [-0.25, -0.2) is 0 Å². The predicted molar refractivity (Wildman–Crippen MR) is 111 cm³/mol. The number of amides is 1. The highest BCUT2D eigenvalue weighted by Crippen LogP contribution is 2.16. The number of hydrogen-bond acceptors (Lipinski definition) is 2. The molecule has 1 aliphatic heterocycles. The molecule has 2 aromatic carbocycles. The van der Waals surface area contributed by atoms with Gasteiger partial charge in [-0.05, 0) is 12.1 Å². The molecule has 0 unspecified atom stereocenters. The molecule has 0 spiro atoms. The lowest BCUT2D eigenvalue weighted by Gasteiger charge is -2.23. The van der Waals surface area contributed by atoms with E-state index in [1.807, 2.05) is 18.2 Å². The molecule has 150 valence electrons. The molecule has 4 N–H and O–H groups in total. The quantitative estimate of drug-likeness (QED) is 0.637. The van der Waals surface area contributed by atoms with Crippen LogP contribution in [0.25, 0.3) is 0 Å². The molecular weight excluding hydrogens is 350 g/mol. The van der Waals surface area contributed by atoms with Crippen LogP contribution in [0.4, 0.5) is 5.69 Å². The van der Waals surface area contributed by atoms with Gasteiger partial charge in [0.1, 0.15) is 25.7 Å². The maximum atomic E-state index is 12.4. The number of nitrogens with two attached hydrogens (primary N) is 1. The van der Waals surface area contributed by atoms with Gasteiger partial charge < -0.3 is 20.3 Å². The molecular formula is C23H33N3O2+2. The molecule has 1 fully saturated rings. The maximum Gasteiger partial charge on any atom is 0.279 e. The van der Waals surface area contributed by atoms with Gasteiger partial charge in [-0.15, -0.1) is 0 Å². The van der Waals surface area contributed by atoms with E-state index in [0.29, 0.717) is 12.5 Å². The molecule has 1 saturated heterocycles. The maximum absolute atomic E-state index is 12.4. The molecule has 1 atom stereocenters. The summed E-state index contributed by atoms with van der Waals surface area (Å²) < 4.78 is 5.41. The summed E-state index contributed by atoms with van der Waals surface area (Å²) in [6, 6.07) is 18.9. The van der Waals surface area contributed by atoms with Crippen molar-refractivity contribution in [3.63, 3.8) is 0 Å². The summed E-state index contributed by atoms with van der Waals surface area (Å²) in [5.41, 5.74) is 3.42. The number of benzene rings is 2. The molecule has 0 aliphatic carbocycles. The average Bonchev–Trinajstić information content (AvgIpc) is 2.71. The Kier molecular flexibility index (Phi) is 7.60. The van der Waals surface area contributed by atoms with Crippen LogP contribution >= 0.6 is 0 Å². The van der Waals surface area contributed by atoms with E-state index in [4.69, 9.17) is 4.74 Å². The van der Waals surface area contributed by atoms with E-state index in [9.17, 15) is 4.79 Å². The fourth-order valence-electron chi connectivity index (χ4n) is 3.75. The first-order chi connectivity index (χ1) is 13.6. The van der Waals surface area contributed by atoms with Crippen LogP contribution in [0, 0.1) is 5.92 Å². The third kappa shape index (κ3) is 6.16. The van der Waals surface area contributed by atoms with Crippen molar-refractivity contribution in [3.05, 3.63) is 65.7 Å². The summed E-state index contributed by atoms with van der Waals surface area (Å²) in [6.45, 7) is 9.64. The van der Waals surface area contributed by atoms with E-state index in [1.165, 1.54) is 11.1 Å². The molecule has 1 heterocycles. The topological polar surface area (TPSA) is 59.4 Å². The van der Waals surface area contributed by atoms with Crippen LogP contribution in [0.3, 0.4) is 0 Å². The summed E-state index contributed by atoms with van der Waals surface area (Å²) in [5, 5.41) is 5.15. The first kappa shape index (κ1) is 20.5. The van der Waals surface area contributed by atoms with Gasteiger partial charge in [-0.1, -0.05) is 56.3 Å². The zero-order chi connectivity index (χ0) is 19.8. The van der Waals surface area contributed by atoms with Crippen LogP contribution in [-0.4, -0.2) is 38.8 Å². The fourth-order valence-corrected chi connectivity index (χ4v) is 3.75. The lowest BCUT2D eigenvalue weighted by molar-refractivity contribution is -0.921. The van der Waals surface area contributed by atoms with E-state index in [-0.39, 0.29) is 11.9 Å². The predicted octanol–water partition coefficient (Wildman–Crippen LogP) is 1.00. The Bertz CT molecular complexity index is 725. The summed E-state index contributed by atoms with van der Waals surface area (Å²) in [7, 11) is 0. The number of ether oxygens (including phenoxy) is 1. The van der Waals surface area contributed by atoms with E-state index < -0.39 is 0 Å². The fraction of sp³-hybridized carbons (Fsp3) is 0.435. The van der Waals surface area contributed by atoms with E-state index in [1.54, 1.807) is 4.90 Å². The summed E-state index contributed by atoms with van der Waals surface area (Å²) >= 11 is 0. The SMILES string of the molecule is CC(C)[C@H]([NH2+]CC(=O)Nc1ccc(C[NH+]2CCOCC2)cc1)c1ccccc1. The zero-order valence-electron chi connectivity index (χ0n) is 17.0. The molecule has 28 heavy (non-hydrogen) atoms. The minimum absolute atomic E-state index is 0.0353. The van der Waals surface area contributed by atoms with Crippen molar-refractivity contribution in [1.29, 1.82) is 0 Å². The van der Waals surface area contributed by atoms with E-state index in [0.717, 1.165) is 38.5 Å². The van der Waals surface area contributed by atoms with Gasteiger partial charge in [0.15, 0.2) is 6.54 Å². The number of rotatable bonds is 8. The third-order valence-electron chi connectivity index (χ3n) is 5.35. The summed E-state index contributed by atoms with van der Waals surface area (Å²) in [5.74, 6) is 0.491. The van der Waals surface area contributed by atoms with Gasteiger partial charge in [-0.3, -0.25) is 4.79 Å². The highest BCUT2D eigenvalue weighted by atomic mass is 16.5. The molecule has 5 nitrogen and oxygen atoms in total. The molecule has 2 aromatic rings. The Labute approximate surface area is 168 Å². The van der Waals surface area contributed by atoms with Crippen LogP contribution in [-0.2, 0) is 16.1 Å². The molecule has 5 heteroatoms. The highest BCUT2D eigenvalue weighted by molar-refractivity contribution is 5.91. The van der Waals surface area contributed by atoms with Crippen molar-refractivity contribution in [2.75, 3.05) is 38.2 Å². The van der Waals surface area contributed by atoms with E-state index >= 15 is 0 Å². The summed E-state index contributed by atoms with van der Waals surface area (Å²) in [6.07, 6.45) is 0. The van der Waals surface area contributed by atoms with Gasteiger partial charge in [0.2, 0.25) is 0 Å². The largest absolute Gasteiger partial charge is 0.370 e. The molecule has 0 radical (unpaired) electrons. The van der Waals surface area contributed by atoms with Gasteiger partial charge in [0.25, 0.3) is 5.91 Å². The smallest absolute Gasteiger partial charge is 0.279 e. The van der Waals surface area contributed by atoms with Crippen molar-refractivity contribution in [3.8, 4) is 0 Å². The number of carbonyl (C=O) groups is 1. The summed E-state index contributed by atoms with van der Waals surface area (Å²) in [4.78, 5) is 14.0. The molecule has 0 aromatic heterocycles. The third-order valence-corrected chi connectivity index (χ3v) is 5.35. The van der Waals surface area contributed by atoms with Crippen LogP contribution in [0.5, 0.6) is 0 Å². The Morgan fingerprint density at radius 3 is 2.39 bits per heavy atom. The van der Waals surface area contributed by atoms with Crippen molar-refractivity contribution < 1.29 is 19.7 Å². The van der Waals surface area contributed by atoms with Gasteiger partial charge >= 0.3 is 0 Å². The first-order valence-electron chi connectivity index (χ1n) is 10.3. The standard InChI is InChI=1S/C23H31N3O2/c1-18(2)23(20-6-4-3-5-7-20)24-16-22(27)25-21-10-8-19(9-11-21)17-26-12-14-28-15-13-26/h3-11,18,23-24H,12-17H2,1-2H3,(H,25,27)/p+2/t23-/m0/s1. The van der Waals surface area contributed by atoms with Crippen molar-refractivity contribution in [2.45, 2.75) is 26.4 Å². The second-order valence-electron chi connectivity index (χ2n) is 7.90. The second kappa shape index (κ2) is 10.4.